The van der Waals surface area contributed by atoms with E-state index < -0.39 is 0 Å². The van der Waals surface area contributed by atoms with E-state index in [0.29, 0.717) is 6.54 Å². The molecule has 0 fully saturated rings. The number of hydrogen-bond acceptors (Lipinski definition) is 3. The number of nitrogens with two attached hydrogens (primary N) is 1. The molecule has 82 valence electrons. The zero-order valence-electron chi connectivity index (χ0n) is 9.53. The van der Waals surface area contributed by atoms with Gasteiger partial charge in [0.25, 0.3) is 0 Å². The van der Waals surface area contributed by atoms with Crippen LogP contribution in [0, 0.1) is 0 Å². The highest BCUT2D eigenvalue weighted by Crippen LogP contribution is 2.19. The van der Waals surface area contributed by atoms with E-state index in [1.54, 1.807) is 6.20 Å². The Morgan fingerprint density at radius 1 is 1.60 bits per heavy atom. The van der Waals surface area contributed by atoms with Crippen molar-refractivity contribution in [2.45, 2.75) is 20.4 Å². The SMILES string of the molecule is C=C(C)CN(CC)c1ccncc1CN. The second-order valence-corrected chi connectivity index (χ2v) is 3.68. The van der Waals surface area contributed by atoms with Crippen LogP contribution in [0.3, 0.4) is 0 Å². The molecule has 0 radical (unpaired) electrons. The first-order valence-corrected chi connectivity index (χ1v) is 5.21. The molecule has 0 amide bonds. The Morgan fingerprint density at radius 3 is 2.87 bits per heavy atom. The van der Waals surface area contributed by atoms with Crippen LogP contribution >= 0.6 is 0 Å². The minimum Gasteiger partial charge on any atom is -0.367 e. The lowest BCUT2D eigenvalue weighted by Crippen LogP contribution is -2.26. The molecule has 0 saturated carbocycles. The largest absolute Gasteiger partial charge is 0.367 e. The van der Waals surface area contributed by atoms with Crippen molar-refractivity contribution in [1.29, 1.82) is 0 Å². The van der Waals surface area contributed by atoms with Crippen molar-refractivity contribution in [3.63, 3.8) is 0 Å². The van der Waals surface area contributed by atoms with Gasteiger partial charge in [-0.2, -0.15) is 0 Å². The summed E-state index contributed by atoms with van der Waals surface area (Å²) >= 11 is 0. The van der Waals surface area contributed by atoms with Crippen LogP contribution in [0.25, 0.3) is 0 Å². The van der Waals surface area contributed by atoms with E-state index in [9.17, 15) is 0 Å². The summed E-state index contributed by atoms with van der Waals surface area (Å²) < 4.78 is 0. The molecule has 1 heterocycles. The van der Waals surface area contributed by atoms with Crippen LogP contribution in [-0.4, -0.2) is 18.1 Å². The molecule has 1 rings (SSSR count). The summed E-state index contributed by atoms with van der Waals surface area (Å²) in [6.07, 6.45) is 3.63. The van der Waals surface area contributed by atoms with Crippen LogP contribution in [0.15, 0.2) is 30.6 Å². The predicted molar refractivity (Wildman–Crippen MR) is 64.8 cm³/mol. The van der Waals surface area contributed by atoms with Gasteiger partial charge in [0.2, 0.25) is 0 Å². The Hall–Kier alpha value is -1.35. The molecule has 0 spiro atoms. The Kier molecular flexibility index (Phi) is 4.31. The fraction of sp³-hybridized carbons (Fsp3) is 0.417. The fourth-order valence-corrected chi connectivity index (χ4v) is 1.58. The molecule has 1 aromatic rings. The van der Waals surface area contributed by atoms with Gasteiger partial charge in [0.1, 0.15) is 0 Å². The number of hydrogen-bond donors (Lipinski definition) is 1. The first-order chi connectivity index (χ1) is 7.19. The van der Waals surface area contributed by atoms with Gasteiger partial charge in [-0.3, -0.25) is 4.98 Å². The molecule has 15 heavy (non-hydrogen) atoms. The molecule has 0 aliphatic rings. The van der Waals surface area contributed by atoms with E-state index in [-0.39, 0.29) is 0 Å². The second-order valence-electron chi connectivity index (χ2n) is 3.68. The van der Waals surface area contributed by atoms with E-state index in [1.165, 1.54) is 0 Å². The van der Waals surface area contributed by atoms with Crippen molar-refractivity contribution in [1.82, 2.24) is 4.98 Å². The van der Waals surface area contributed by atoms with Gasteiger partial charge >= 0.3 is 0 Å². The van der Waals surface area contributed by atoms with Crippen LogP contribution in [0.4, 0.5) is 5.69 Å². The average Bonchev–Trinajstić information content (AvgIpc) is 2.25. The Bertz CT molecular complexity index is 333. The lowest BCUT2D eigenvalue weighted by atomic mass is 10.2. The van der Waals surface area contributed by atoms with Crippen LogP contribution in [0.2, 0.25) is 0 Å². The molecule has 0 aliphatic carbocycles. The van der Waals surface area contributed by atoms with Crippen molar-refractivity contribution >= 4 is 5.69 Å². The van der Waals surface area contributed by atoms with Gasteiger partial charge in [0, 0.05) is 43.3 Å². The Balaban J connectivity index is 2.95. The number of rotatable bonds is 5. The van der Waals surface area contributed by atoms with Gasteiger partial charge < -0.3 is 10.6 Å². The zero-order chi connectivity index (χ0) is 11.3. The molecule has 2 N–H and O–H groups in total. The summed E-state index contributed by atoms with van der Waals surface area (Å²) in [5.41, 5.74) is 9.08. The predicted octanol–water partition coefficient (Wildman–Crippen LogP) is 1.94. The van der Waals surface area contributed by atoms with Gasteiger partial charge in [-0.05, 0) is 19.9 Å². The van der Waals surface area contributed by atoms with Crippen LogP contribution in [0.1, 0.15) is 19.4 Å². The second kappa shape index (κ2) is 5.51. The normalized spacial score (nSPS) is 10.1. The highest BCUT2D eigenvalue weighted by molar-refractivity contribution is 5.52. The minimum absolute atomic E-state index is 0.524. The van der Waals surface area contributed by atoms with Crippen LogP contribution in [0.5, 0.6) is 0 Å². The first kappa shape index (κ1) is 11.7. The maximum atomic E-state index is 5.68. The van der Waals surface area contributed by atoms with Gasteiger partial charge in [-0.1, -0.05) is 12.2 Å². The van der Waals surface area contributed by atoms with Gasteiger partial charge in [0.05, 0.1) is 0 Å². The molecule has 1 aromatic heterocycles. The maximum absolute atomic E-state index is 5.68. The van der Waals surface area contributed by atoms with E-state index in [0.717, 1.165) is 29.9 Å². The summed E-state index contributed by atoms with van der Waals surface area (Å²) in [4.78, 5) is 6.34. The molecule has 0 saturated heterocycles. The van der Waals surface area contributed by atoms with Crippen LogP contribution < -0.4 is 10.6 Å². The number of aromatic nitrogens is 1. The smallest absolute Gasteiger partial charge is 0.0445 e. The molecule has 0 atom stereocenters. The lowest BCUT2D eigenvalue weighted by molar-refractivity contribution is 0.863. The topological polar surface area (TPSA) is 42.2 Å². The van der Waals surface area contributed by atoms with Gasteiger partial charge in [-0.15, -0.1) is 0 Å². The molecular weight excluding hydrogens is 186 g/mol. The molecule has 0 aromatic carbocycles. The molecule has 3 nitrogen and oxygen atoms in total. The van der Waals surface area contributed by atoms with Crippen molar-refractivity contribution < 1.29 is 0 Å². The fourth-order valence-electron chi connectivity index (χ4n) is 1.58. The number of anilines is 1. The first-order valence-electron chi connectivity index (χ1n) is 5.21. The standard InChI is InChI=1S/C12H19N3/c1-4-15(9-10(2)3)12-5-6-14-8-11(12)7-13/h5-6,8H,2,4,7,9,13H2,1,3H3. The summed E-state index contributed by atoms with van der Waals surface area (Å²) in [6, 6.07) is 2.01. The molecular formula is C12H19N3. The molecule has 0 bridgehead atoms. The Morgan fingerprint density at radius 2 is 2.33 bits per heavy atom. The highest BCUT2D eigenvalue weighted by Gasteiger charge is 2.08. The minimum atomic E-state index is 0.524. The van der Waals surface area contributed by atoms with Crippen LogP contribution in [-0.2, 0) is 6.54 Å². The third kappa shape index (κ3) is 3.06. The third-order valence-electron chi connectivity index (χ3n) is 2.28. The Labute approximate surface area is 91.6 Å². The van der Waals surface area contributed by atoms with Crippen molar-refractivity contribution in [3.8, 4) is 0 Å². The average molecular weight is 205 g/mol. The van der Waals surface area contributed by atoms with E-state index in [2.05, 4.69) is 23.4 Å². The molecule has 0 aliphatic heterocycles. The summed E-state index contributed by atoms with van der Waals surface area (Å²) in [6.45, 7) is 10.4. The summed E-state index contributed by atoms with van der Waals surface area (Å²) in [5, 5.41) is 0. The maximum Gasteiger partial charge on any atom is 0.0445 e. The number of pyridine rings is 1. The van der Waals surface area contributed by atoms with Crippen molar-refractivity contribution in [3.05, 3.63) is 36.2 Å². The van der Waals surface area contributed by atoms with E-state index in [4.69, 9.17) is 5.73 Å². The summed E-state index contributed by atoms with van der Waals surface area (Å²) in [5.74, 6) is 0. The lowest BCUT2D eigenvalue weighted by Gasteiger charge is -2.25. The number of nitrogens with zero attached hydrogens (tertiary/aromatic N) is 2. The third-order valence-corrected chi connectivity index (χ3v) is 2.28. The number of likely N-dealkylation sites (N-methyl/N-ethyl adjacent to an activating group) is 1. The van der Waals surface area contributed by atoms with E-state index in [1.807, 2.05) is 19.2 Å². The quantitative estimate of drug-likeness (QED) is 0.747. The highest BCUT2D eigenvalue weighted by atomic mass is 15.1. The van der Waals surface area contributed by atoms with Gasteiger partial charge in [-0.25, -0.2) is 0 Å². The van der Waals surface area contributed by atoms with E-state index >= 15 is 0 Å². The van der Waals surface area contributed by atoms with Crippen molar-refractivity contribution in [2.24, 2.45) is 5.73 Å². The summed E-state index contributed by atoms with van der Waals surface area (Å²) in [7, 11) is 0. The molecule has 3 heteroatoms. The van der Waals surface area contributed by atoms with Gasteiger partial charge in [0.15, 0.2) is 0 Å². The zero-order valence-corrected chi connectivity index (χ0v) is 9.53. The monoisotopic (exact) mass is 205 g/mol. The van der Waals surface area contributed by atoms with Crippen molar-refractivity contribution in [2.75, 3.05) is 18.0 Å². The molecule has 0 unspecified atom stereocenters.